The molecule has 31 heavy (non-hydrogen) atoms. The SMILES string of the molecule is Cc1cc(Nc2cc3cc(-c4c(OC[C@H]5CCN5)cnn4C)ccn3n2)nc(C)n1.O. The standard InChI is InChI=1S/C21H24N8O.H2O/c1-13-8-19(25-14(2)24-13)26-20-10-17-9-15(5-7-29(17)27-20)21-18(11-23-28(21)3)30-12-16-4-6-22-16;/h5,7-11,16,22H,4,6,12H2,1-3H3,(H,24,25,26,27);1H2/t16-;/m1./s1. The van der Waals surface area contributed by atoms with Crippen molar-refractivity contribution in [2.75, 3.05) is 18.5 Å². The number of hydrogen-bond acceptors (Lipinski definition) is 7. The van der Waals surface area contributed by atoms with Gasteiger partial charge in [0.05, 0.1) is 11.7 Å². The van der Waals surface area contributed by atoms with Gasteiger partial charge in [0.25, 0.3) is 0 Å². The van der Waals surface area contributed by atoms with E-state index >= 15 is 0 Å². The van der Waals surface area contributed by atoms with Crippen molar-refractivity contribution < 1.29 is 10.2 Å². The Morgan fingerprint density at radius 3 is 2.77 bits per heavy atom. The van der Waals surface area contributed by atoms with Gasteiger partial charge in [0, 0.05) is 42.7 Å². The van der Waals surface area contributed by atoms with Crippen LogP contribution in [0.25, 0.3) is 16.8 Å². The number of nitrogens with zero attached hydrogens (tertiary/aromatic N) is 6. The number of rotatable bonds is 6. The molecule has 1 atom stereocenters. The lowest BCUT2D eigenvalue weighted by Crippen LogP contribution is -2.46. The van der Waals surface area contributed by atoms with Gasteiger partial charge >= 0.3 is 0 Å². The first-order chi connectivity index (χ1) is 14.5. The summed E-state index contributed by atoms with van der Waals surface area (Å²) in [5, 5.41) is 15.6. The predicted molar refractivity (Wildman–Crippen MR) is 118 cm³/mol. The van der Waals surface area contributed by atoms with Crippen LogP contribution in [0.5, 0.6) is 5.75 Å². The molecule has 1 fully saturated rings. The van der Waals surface area contributed by atoms with Crippen molar-refractivity contribution in [2.45, 2.75) is 26.3 Å². The lowest BCUT2D eigenvalue weighted by Gasteiger charge is -2.27. The number of ether oxygens (including phenoxy) is 1. The van der Waals surface area contributed by atoms with E-state index < -0.39 is 0 Å². The summed E-state index contributed by atoms with van der Waals surface area (Å²) in [6, 6.07) is 8.43. The van der Waals surface area contributed by atoms with Crippen LogP contribution in [0, 0.1) is 13.8 Å². The Balaban J connectivity index is 0.00000231. The molecule has 0 aliphatic carbocycles. The average Bonchev–Trinajstić information content (AvgIpc) is 3.21. The van der Waals surface area contributed by atoms with Crippen molar-refractivity contribution in [3.05, 3.63) is 48.2 Å². The second-order valence-electron chi connectivity index (χ2n) is 7.61. The molecule has 1 saturated heterocycles. The number of nitrogens with one attached hydrogen (secondary N) is 2. The maximum Gasteiger partial charge on any atom is 0.165 e. The largest absolute Gasteiger partial charge is 0.488 e. The fraction of sp³-hybridized carbons (Fsp3) is 0.333. The van der Waals surface area contributed by atoms with Crippen LogP contribution in [0.1, 0.15) is 17.9 Å². The molecule has 4 aromatic rings. The van der Waals surface area contributed by atoms with Gasteiger partial charge in [-0.05, 0) is 38.9 Å². The monoisotopic (exact) mass is 422 g/mol. The molecule has 0 bridgehead atoms. The summed E-state index contributed by atoms with van der Waals surface area (Å²) in [7, 11) is 1.93. The Hall–Kier alpha value is -3.50. The fourth-order valence-electron chi connectivity index (χ4n) is 3.65. The molecule has 0 radical (unpaired) electrons. The Bertz CT molecular complexity index is 1190. The van der Waals surface area contributed by atoms with Gasteiger partial charge < -0.3 is 20.8 Å². The van der Waals surface area contributed by atoms with E-state index in [-0.39, 0.29) is 5.48 Å². The highest BCUT2D eigenvalue weighted by Crippen LogP contribution is 2.31. The maximum atomic E-state index is 6.04. The van der Waals surface area contributed by atoms with E-state index in [4.69, 9.17) is 4.74 Å². The van der Waals surface area contributed by atoms with Gasteiger partial charge in [-0.3, -0.25) is 4.68 Å². The van der Waals surface area contributed by atoms with E-state index in [0.29, 0.717) is 12.6 Å². The lowest BCUT2D eigenvalue weighted by molar-refractivity contribution is 0.218. The molecule has 10 nitrogen and oxygen atoms in total. The first kappa shape index (κ1) is 20.8. The molecule has 1 aliphatic heterocycles. The second kappa shape index (κ2) is 8.32. The molecule has 0 saturated carbocycles. The van der Waals surface area contributed by atoms with Crippen LogP contribution in [0.2, 0.25) is 0 Å². The smallest absolute Gasteiger partial charge is 0.165 e. The molecule has 5 rings (SSSR count). The number of fused-ring (bicyclic) bond motifs is 1. The molecule has 4 N–H and O–H groups in total. The third kappa shape index (κ3) is 4.21. The molecule has 0 unspecified atom stereocenters. The molecule has 5 heterocycles. The third-order valence-corrected chi connectivity index (χ3v) is 5.23. The van der Waals surface area contributed by atoms with Crippen LogP contribution < -0.4 is 15.4 Å². The van der Waals surface area contributed by atoms with Crippen LogP contribution in [0.4, 0.5) is 11.6 Å². The van der Waals surface area contributed by atoms with E-state index in [2.05, 4.69) is 36.9 Å². The van der Waals surface area contributed by atoms with Crippen LogP contribution in [0.15, 0.2) is 36.7 Å². The average molecular weight is 422 g/mol. The van der Waals surface area contributed by atoms with Gasteiger partial charge in [-0.1, -0.05) is 0 Å². The van der Waals surface area contributed by atoms with Crippen molar-refractivity contribution in [2.24, 2.45) is 7.05 Å². The predicted octanol–water partition coefficient (Wildman–Crippen LogP) is 1.80. The Morgan fingerprint density at radius 2 is 2.03 bits per heavy atom. The molecule has 162 valence electrons. The summed E-state index contributed by atoms with van der Waals surface area (Å²) >= 11 is 0. The molecule has 0 spiro atoms. The van der Waals surface area contributed by atoms with E-state index in [1.165, 1.54) is 0 Å². The number of aryl methyl sites for hydroxylation is 3. The van der Waals surface area contributed by atoms with Gasteiger partial charge in [0.2, 0.25) is 0 Å². The molecule has 0 amide bonds. The summed E-state index contributed by atoms with van der Waals surface area (Å²) < 4.78 is 9.72. The summed E-state index contributed by atoms with van der Waals surface area (Å²) in [6.07, 6.45) is 4.87. The van der Waals surface area contributed by atoms with Gasteiger partial charge in [0.1, 0.15) is 23.9 Å². The maximum absolute atomic E-state index is 6.04. The first-order valence-corrected chi connectivity index (χ1v) is 10.0. The Kier molecular flexibility index (Phi) is 5.57. The lowest BCUT2D eigenvalue weighted by atomic mass is 10.1. The second-order valence-corrected chi connectivity index (χ2v) is 7.61. The van der Waals surface area contributed by atoms with E-state index in [1.54, 1.807) is 6.20 Å². The topological polar surface area (TPSA) is 126 Å². The fourth-order valence-corrected chi connectivity index (χ4v) is 3.65. The van der Waals surface area contributed by atoms with Crippen molar-refractivity contribution in [3.8, 4) is 17.0 Å². The molecular formula is C21H26N8O2. The van der Waals surface area contributed by atoms with Gasteiger partial charge in [-0.25, -0.2) is 14.5 Å². The first-order valence-electron chi connectivity index (χ1n) is 10.0. The Labute approximate surface area is 179 Å². The highest BCUT2D eigenvalue weighted by molar-refractivity contribution is 5.72. The van der Waals surface area contributed by atoms with E-state index in [0.717, 1.165) is 58.6 Å². The summed E-state index contributed by atoms with van der Waals surface area (Å²) in [4.78, 5) is 8.73. The van der Waals surface area contributed by atoms with Crippen LogP contribution in [0.3, 0.4) is 0 Å². The number of anilines is 2. The zero-order valence-corrected chi connectivity index (χ0v) is 17.8. The number of pyridine rings is 1. The molecular weight excluding hydrogens is 396 g/mol. The van der Waals surface area contributed by atoms with Crippen LogP contribution >= 0.6 is 0 Å². The highest BCUT2D eigenvalue weighted by atomic mass is 16.5. The number of hydrogen-bond donors (Lipinski definition) is 2. The number of aromatic nitrogens is 6. The minimum Gasteiger partial charge on any atom is -0.488 e. The molecule has 1 aliphatic rings. The quantitative estimate of drug-likeness (QED) is 0.485. The van der Waals surface area contributed by atoms with Crippen molar-refractivity contribution in [1.29, 1.82) is 0 Å². The molecule has 4 aromatic heterocycles. The summed E-state index contributed by atoms with van der Waals surface area (Å²) in [5.41, 5.74) is 3.86. The zero-order valence-electron chi connectivity index (χ0n) is 17.8. The summed E-state index contributed by atoms with van der Waals surface area (Å²) in [5.74, 6) is 2.97. The van der Waals surface area contributed by atoms with Crippen LogP contribution in [-0.2, 0) is 7.05 Å². The highest BCUT2D eigenvalue weighted by Gasteiger charge is 2.19. The molecule has 0 aromatic carbocycles. The van der Waals surface area contributed by atoms with Crippen molar-refractivity contribution in [1.82, 2.24) is 34.7 Å². The van der Waals surface area contributed by atoms with Crippen molar-refractivity contribution >= 4 is 17.2 Å². The summed E-state index contributed by atoms with van der Waals surface area (Å²) in [6.45, 7) is 5.54. The van der Waals surface area contributed by atoms with Gasteiger partial charge in [-0.2, -0.15) is 10.2 Å². The van der Waals surface area contributed by atoms with Gasteiger partial charge in [-0.15, -0.1) is 0 Å². The normalized spacial score (nSPS) is 15.4. The Morgan fingerprint density at radius 1 is 1.19 bits per heavy atom. The van der Waals surface area contributed by atoms with Crippen molar-refractivity contribution in [3.63, 3.8) is 0 Å². The van der Waals surface area contributed by atoms with E-state index in [1.807, 2.05) is 54.5 Å². The van der Waals surface area contributed by atoms with Crippen LogP contribution in [-0.4, -0.2) is 54.0 Å². The van der Waals surface area contributed by atoms with Gasteiger partial charge in [0.15, 0.2) is 11.6 Å². The molecule has 10 heteroatoms. The zero-order chi connectivity index (χ0) is 20.7. The third-order valence-electron chi connectivity index (χ3n) is 5.23. The minimum atomic E-state index is 0. The van der Waals surface area contributed by atoms with E-state index in [9.17, 15) is 0 Å². The minimum absolute atomic E-state index is 0.